The predicted octanol–water partition coefficient (Wildman–Crippen LogP) is 1.22. The zero-order chi connectivity index (χ0) is 15.7. The lowest BCUT2D eigenvalue weighted by molar-refractivity contribution is -0.130. The molecule has 2 amide bonds. The third-order valence-electron chi connectivity index (χ3n) is 7.05. The summed E-state index contributed by atoms with van der Waals surface area (Å²) >= 11 is 0. The van der Waals surface area contributed by atoms with Gasteiger partial charge in [0.2, 0.25) is 11.8 Å². The molecule has 5 heteroatoms. The fourth-order valence-corrected chi connectivity index (χ4v) is 4.79. The third-order valence-corrected chi connectivity index (χ3v) is 7.05. The smallest absolute Gasteiger partial charge is 0.229 e. The largest absolute Gasteiger partial charge is 0.380 e. The van der Waals surface area contributed by atoms with Gasteiger partial charge in [-0.3, -0.25) is 9.59 Å². The molecule has 1 aliphatic heterocycles. The first kappa shape index (κ1) is 14.3. The molecule has 5 rings (SSSR count). The van der Waals surface area contributed by atoms with Crippen LogP contribution in [-0.4, -0.2) is 37.1 Å². The number of carbonyl (C=O) groups is 2. The van der Waals surface area contributed by atoms with E-state index >= 15 is 0 Å². The van der Waals surface area contributed by atoms with Gasteiger partial charge in [0.25, 0.3) is 0 Å². The van der Waals surface area contributed by atoms with Gasteiger partial charge in [-0.25, -0.2) is 0 Å². The molecule has 1 saturated heterocycles. The van der Waals surface area contributed by atoms with Gasteiger partial charge in [-0.05, 0) is 56.8 Å². The molecule has 4 aliphatic carbocycles. The molecule has 5 nitrogen and oxygen atoms in total. The van der Waals surface area contributed by atoms with Crippen molar-refractivity contribution >= 4 is 11.8 Å². The summed E-state index contributed by atoms with van der Waals surface area (Å²) in [6.45, 7) is 1.90. The van der Waals surface area contributed by atoms with Gasteiger partial charge >= 0.3 is 0 Å². The van der Waals surface area contributed by atoms with Crippen LogP contribution in [0.3, 0.4) is 0 Å². The van der Waals surface area contributed by atoms with E-state index in [1.54, 1.807) is 0 Å². The number of rotatable bonds is 6. The maximum Gasteiger partial charge on any atom is 0.229 e. The summed E-state index contributed by atoms with van der Waals surface area (Å²) < 4.78 is 5.42. The van der Waals surface area contributed by atoms with Gasteiger partial charge in [-0.1, -0.05) is 0 Å². The van der Waals surface area contributed by atoms with E-state index in [1.165, 1.54) is 12.8 Å². The van der Waals surface area contributed by atoms with E-state index in [2.05, 4.69) is 10.6 Å². The summed E-state index contributed by atoms with van der Waals surface area (Å²) in [4.78, 5) is 25.0. The molecule has 126 valence electrons. The SMILES string of the molecule is O=C(NC1(CNC(=O)[C@@]23COC[C@@H]2C3)CCC1)[C@@H]1C[C@H]1C1CC1. The van der Waals surface area contributed by atoms with Gasteiger partial charge in [-0.2, -0.15) is 0 Å². The van der Waals surface area contributed by atoms with Crippen LogP contribution in [0.15, 0.2) is 0 Å². The Morgan fingerprint density at radius 3 is 2.61 bits per heavy atom. The molecule has 0 bridgehead atoms. The Bertz CT molecular complexity index is 554. The minimum Gasteiger partial charge on any atom is -0.380 e. The molecule has 5 fully saturated rings. The number of fused-ring (bicyclic) bond motifs is 1. The average Bonchev–Trinajstić information content (AvgIpc) is 3.39. The predicted molar refractivity (Wildman–Crippen MR) is 83.4 cm³/mol. The number of amides is 2. The molecule has 5 aliphatic rings. The second kappa shape index (κ2) is 4.71. The molecule has 1 heterocycles. The minimum absolute atomic E-state index is 0.141. The van der Waals surface area contributed by atoms with E-state index in [0.29, 0.717) is 25.0 Å². The molecule has 0 aromatic heterocycles. The van der Waals surface area contributed by atoms with E-state index in [-0.39, 0.29) is 28.7 Å². The van der Waals surface area contributed by atoms with E-state index in [0.717, 1.165) is 44.6 Å². The Kier molecular flexibility index (Phi) is 2.92. The van der Waals surface area contributed by atoms with Crippen LogP contribution in [0.1, 0.15) is 44.9 Å². The Morgan fingerprint density at radius 1 is 1.22 bits per heavy atom. The van der Waals surface area contributed by atoms with Crippen LogP contribution in [-0.2, 0) is 14.3 Å². The van der Waals surface area contributed by atoms with E-state index in [1.807, 2.05) is 0 Å². The standard InChI is InChI=1S/C18H26N2O3/c21-15(14-6-13(14)11-2-3-11)20-17(4-1-5-17)9-19-16(22)18-7-12(18)8-23-10-18/h11-14H,1-10H2,(H,19,22)(H,20,21)/t12-,13-,14+,18-/m0/s1. The Hall–Kier alpha value is -1.10. The van der Waals surface area contributed by atoms with Gasteiger partial charge in [0.1, 0.15) is 0 Å². The number of nitrogens with one attached hydrogen (secondary N) is 2. The summed E-state index contributed by atoms with van der Waals surface area (Å²) in [6, 6.07) is 0. The lowest BCUT2D eigenvalue weighted by Crippen LogP contribution is -2.60. The fraction of sp³-hybridized carbons (Fsp3) is 0.889. The van der Waals surface area contributed by atoms with Crippen molar-refractivity contribution in [3.8, 4) is 0 Å². The summed E-state index contributed by atoms with van der Waals surface area (Å²) in [5.74, 6) is 2.55. The first-order valence-corrected chi connectivity index (χ1v) is 9.30. The third kappa shape index (κ3) is 2.31. The van der Waals surface area contributed by atoms with Crippen LogP contribution in [0.4, 0.5) is 0 Å². The van der Waals surface area contributed by atoms with Crippen molar-refractivity contribution < 1.29 is 14.3 Å². The molecule has 0 aromatic carbocycles. The highest BCUT2D eigenvalue weighted by molar-refractivity contribution is 5.87. The van der Waals surface area contributed by atoms with Crippen molar-refractivity contribution in [2.45, 2.75) is 50.5 Å². The summed E-state index contributed by atoms with van der Waals surface area (Å²) in [6.07, 6.45) is 7.83. The van der Waals surface area contributed by atoms with Crippen LogP contribution >= 0.6 is 0 Å². The van der Waals surface area contributed by atoms with Crippen molar-refractivity contribution in [3.05, 3.63) is 0 Å². The van der Waals surface area contributed by atoms with Crippen LogP contribution in [0, 0.1) is 29.1 Å². The maximum atomic E-state index is 12.5. The highest BCUT2D eigenvalue weighted by Crippen LogP contribution is 2.57. The van der Waals surface area contributed by atoms with E-state index in [9.17, 15) is 9.59 Å². The first-order chi connectivity index (χ1) is 11.1. The zero-order valence-corrected chi connectivity index (χ0v) is 13.6. The second-order valence-corrected chi connectivity index (χ2v) is 8.72. The second-order valence-electron chi connectivity index (χ2n) is 8.72. The lowest BCUT2D eigenvalue weighted by Gasteiger charge is -2.43. The van der Waals surface area contributed by atoms with Gasteiger partial charge in [0, 0.05) is 18.4 Å². The van der Waals surface area contributed by atoms with Gasteiger partial charge in [0.15, 0.2) is 0 Å². The number of ether oxygens (including phenoxy) is 1. The fourth-order valence-electron chi connectivity index (χ4n) is 4.79. The van der Waals surface area contributed by atoms with Crippen LogP contribution < -0.4 is 10.6 Å². The summed E-state index contributed by atoms with van der Waals surface area (Å²) in [7, 11) is 0. The molecule has 0 unspecified atom stereocenters. The summed E-state index contributed by atoms with van der Waals surface area (Å²) in [5, 5.41) is 6.42. The average molecular weight is 318 g/mol. The van der Waals surface area contributed by atoms with Crippen LogP contribution in [0.5, 0.6) is 0 Å². The van der Waals surface area contributed by atoms with Crippen molar-refractivity contribution in [1.82, 2.24) is 10.6 Å². The molecule has 0 aromatic rings. The molecular formula is C18H26N2O3. The first-order valence-electron chi connectivity index (χ1n) is 9.30. The highest BCUT2D eigenvalue weighted by Gasteiger charge is 2.63. The Morgan fingerprint density at radius 2 is 2.04 bits per heavy atom. The zero-order valence-electron chi connectivity index (χ0n) is 13.6. The van der Waals surface area contributed by atoms with E-state index in [4.69, 9.17) is 4.74 Å². The van der Waals surface area contributed by atoms with Gasteiger partial charge in [0.05, 0.1) is 24.2 Å². The molecule has 0 spiro atoms. The van der Waals surface area contributed by atoms with Crippen molar-refractivity contribution in [2.75, 3.05) is 19.8 Å². The highest BCUT2D eigenvalue weighted by atomic mass is 16.5. The van der Waals surface area contributed by atoms with Crippen LogP contribution in [0.25, 0.3) is 0 Å². The summed E-state index contributed by atoms with van der Waals surface area (Å²) in [5.41, 5.74) is -0.410. The molecule has 4 atom stereocenters. The van der Waals surface area contributed by atoms with Crippen molar-refractivity contribution in [1.29, 1.82) is 0 Å². The van der Waals surface area contributed by atoms with Crippen molar-refractivity contribution in [3.63, 3.8) is 0 Å². The molecule has 23 heavy (non-hydrogen) atoms. The van der Waals surface area contributed by atoms with Gasteiger partial charge < -0.3 is 15.4 Å². The minimum atomic E-state index is -0.234. The Balaban J connectivity index is 1.15. The van der Waals surface area contributed by atoms with Gasteiger partial charge in [-0.15, -0.1) is 0 Å². The quantitative estimate of drug-likeness (QED) is 0.774. The molecular weight excluding hydrogens is 292 g/mol. The lowest BCUT2D eigenvalue weighted by atomic mass is 9.76. The molecule has 0 radical (unpaired) electrons. The number of hydrogen-bond donors (Lipinski definition) is 2. The molecule has 4 saturated carbocycles. The Labute approximate surface area is 136 Å². The maximum absolute atomic E-state index is 12.5. The van der Waals surface area contributed by atoms with Crippen molar-refractivity contribution in [2.24, 2.45) is 29.1 Å². The van der Waals surface area contributed by atoms with E-state index < -0.39 is 0 Å². The molecule has 2 N–H and O–H groups in total. The normalized spacial score (nSPS) is 42.3. The number of hydrogen-bond acceptors (Lipinski definition) is 3. The topological polar surface area (TPSA) is 67.4 Å². The number of carbonyl (C=O) groups excluding carboxylic acids is 2. The monoisotopic (exact) mass is 318 g/mol. The van der Waals surface area contributed by atoms with Crippen LogP contribution in [0.2, 0.25) is 0 Å².